The summed E-state index contributed by atoms with van der Waals surface area (Å²) in [6.45, 7) is 5.94. The molecule has 21 heavy (non-hydrogen) atoms. The van der Waals surface area contributed by atoms with Gasteiger partial charge in [-0.2, -0.15) is 5.10 Å². The normalized spacial score (nSPS) is 11.8. The predicted molar refractivity (Wildman–Crippen MR) is 77.0 cm³/mol. The Morgan fingerprint density at radius 3 is 2.71 bits per heavy atom. The van der Waals surface area contributed by atoms with Crippen molar-refractivity contribution in [1.29, 1.82) is 0 Å². The Balaban J connectivity index is 2.78. The molecule has 1 amide bonds. The minimum atomic E-state index is -0.768. The Labute approximate surface area is 123 Å². The standard InChI is InChI=1S/C14H21N3O4/c1-4-6-9-17-12(18)8-7-11(16-17)13(19)15-10(3)14(20)21-5-2/h7-8,10H,4-6,9H2,1-3H3,(H,15,19). The number of hydrogen-bond donors (Lipinski definition) is 1. The summed E-state index contributed by atoms with van der Waals surface area (Å²) in [5.41, 5.74) is -0.153. The number of nitrogens with zero attached hydrogens (tertiary/aromatic N) is 2. The van der Waals surface area contributed by atoms with Gasteiger partial charge in [0.25, 0.3) is 11.5 Å². The van der Waals surface area contributed by atoms with Crippen molar-refractivity contribution < 1.29 is 14.3 Å². The summed E-state index contributed by atoms with van der Waals surface area (Å²) in [7, 11) is 0. The van der Waals surface area contributed by atoms with Crippen molar-refractivity contribution in [2.45, 2.75) is 46.2 Å². The largest absolute Gasteiger partial charge is 0.464 e. The van der Waals surface area contributed by atoms with Crippen LogP contribution in [0.15, 0.2) is 16.9 Å². The van der Waals surface area contributed by atoms with E-state index in [-0.39, 0.29) is 17.9 Å². The van der Waals surface area contributed by atoms with Crippen LogP contribution in [0.5, 0.6) is 0 Å². The summed E-state index contributed by atoms with van der Waals surface area (Å²) in [6.07, 6.45) is 1.72. The molecule has 0 bridgehead atoms. The number of hydrogen-bond acceptors (Lipinski definition) is 5. The fourth-order valence-electron chi connectivity index (χ4n) is 1.63. The second-order valence-corrected chi connectivity index (χ2v) is 4.58. The third-order valence-corrected chi connectivity index (χ3v) is 2.81. The molecule has 7 heteroatoms. The van der Waals surface area contributed by atoms with Gasteiger partial charge in [-0.05, 0) is 26.3 Å². The molecule has 0 saturated heterocycles. The molecule has 0 radical (unpaired) electrons. The van der Waals surface area contributed by atoms with Gasteiger partial charge in [-0.3, -0.25) is 9.59 Å². The second kappa shape index (κ2) is 8.18. The first kappa shape index (κ1) is 16.9. The van der Waals surface area contributed by atoms with Gasteiger partial charge in [-0.25, -0.2) is 9.48 Å². The molecule has 7 nitrogen and oxygen atoms in total. The molecule has 0 saturated carbocycles. The lowest BCUT2D eigenvalue weighted by atomic mass is 10.3. The van der Waals surface area contributed by atoms with Crippen molar-refractivity contribution in [3.8, 4) is 0 Å². The highest BCUT2D eigenvalue weighted by atomic mass is 16.5. The van der Waals surface area contributed by atoms with E-state index in [4.69, 9.17) is 4.74 Å². The van der Waals surface area contributed by atoms with Crippen molar-refractivity contribution in [3.63, 3.8) is 0 Å². The van der Waals surface area contributed by atoms with Gasteiger partial charge < -0.3 is 10.1 Å². The highest BCUT2D eigenvalue weighted by molar-refractivity contribution is 5.94. The topological polar surface area (TPSA) is 90.3 Å². The number of esters is 1. The average molecular weight is 295 g/mol. The molecule has 1 N–H and O–H groups in total. The van der Waals surface area contributed by atoms with Crippen molar-refractivity contribution in [2.75, 3.05) is 6.61 Å². The number of aryl methyl sites for hydroxylation is 1. The van der Waals surface area contributed by atoms with Gasteiger partial charge in [0.1, 0.15) is 11.7 Å². The van der Waals surface area contributed by atoms with Crippen LogP contribution >= 0.6 is 0 Å². The second-order valence-electron chi connectivity index (χ2n) is 4.58. The van der Waals surface area contributed by atoms with Gasteiger partial charge in [0.2, 0.25) is 0 Å². The number of ether oxygens (including phenoxy) is 1. The Bertz CT molecular complexity index is 553. The van der Waals surface area contributed by atoms with Gasteiger partial charge in [0.15, 0.2) is 0 Å². The van der Waals surface area contributed by atoms with Gasteiger partial charge in [-0.15, -0.1) is 0 Å². The van der Waals surface area contributed by atoms with Crippen LogP contribution in [-0.2, 0) is 16.1 Å². The van der Waals surface area contributed by atoms with E-state index in [1.54, 1.807) is 6.92 Å². The van der Waals surface area contributed by atoms with Gasteiger partial charge in [0.05, 0.1) is 6.61 Å². The first-order valence-electron chi connectivity index (χ1n) is 7.05. The highest BCUT2D eigenvalue weighted by Crippen LogP contribution is 1.96. The van der Waals surface area contributed by atoms with Crippen LogP contribution in [0.25, 0.3) is 0 Å². The molecule has 1 unspecified atom stereocenters. The third-order valence-electron chi connectivity index (χ3n) is 2.81. The number of carbonyl (C=O) groups is 2. The van der Waals surface area contributed by atoms with E-state index in [0.717, 1.165) is 12.8 Å². The Hall–Kier alpha value is -2.18. The van der Waals surface area contributed by atoms with Crippen LogP contribution in [0.4, 0.5) is 0 Å². The zero-order valence-corrected chi connectivity index (χ0v) is 12.6. The molecule has 0 aromatic carbocycles. The van der Waals surface area contributed by atoms with E-state index >= 15 is 0 Å². The summed E-state index contributed by atoms with van der Waals surface area (Å²) >= 11 is 0. The maximum atomic E-state index is 12.0. The SMILES string of the molecule is CCCCn1nc(C(=O)NC(C)C(=O)OCC)ccc1=O. The van der Waals surface area contributed by atoms with Crippen LogP contribution in [-0.4, -0.2) is 34.3 Å². The zero-order chi connectivity index (χ0) is 15.8. The van der Waals surface area contributed by atoms with E-state index in [2.05, 4.69) is 10.4 Å². The van der Waals surface area contributed by atoms with Crippen LogP contribution in [0.2, 0.25) is 0 Å². The molecular formula is C14H21N3O4. The lowest BCUT2D eigenvalue weighted by molar-refractivity contribution is -0.144. The molecule has 1 aromatic heterocycles. The Kier molecular flexibility index (Phi) is 6.58. The first-order valence-corrected chi connectivity index (χ1v) is 7.05. The van der Waals surface area contributed by atoms with Crippen molar-refractivity contribution >= 4 is 11.9 Å². The summed E-state index contributed by atoms with van der Waals surface area (Å²) in [4.78, 5) is 35.1. The van der Waals surface area contributed by atoms with Crippen LogP contribution < -0.4 is 10.9 Å². The highest BCUT2D eigenvalue weighted by Gasteiger charge is 2.18. The molecule has 116 valence electrons. The monoisotopic (exact) mass is 295 g/mol. The maximum Gasteiger partial charge on any atom is 0.328 e. The summed E-state index contributed by atoms with van der Waals surface area (Å²) in [6, 6.07) is 1.88. The summed E-state index contributed by atoms with van der Waals surface area (Å²) < 4.78 is 6.06. The van der Waals surface area contributed by atoms with Gasteiger partial charge in [-0.1, -0.05) is 13.3 Å². The number of nitrogens with one attached hydrogen (secondary N) is 1. The van der Waals surface area contributed by atoms with Gasteiger partial charge >= 0.3 is 5.97 Å². The number of rotatable bonds is 7. The van der Waals surface area contributed by atoms with Crippen molar-refractivity contribution in [2.24, 2.45) is 0 Å². The molecule has 0 aliphatic carbocycles. The van der Waals surface area contributed by atoms with E-state index < -0.39 is 17.9 Å². The van der Waals surface area contributed by atoms with E-state index in [0.29, 0.717) is 6.54 Å². The number of unbranched alkanes of at least 4 members (excludes halogenated alkanes) is 1. The Morgan fingerprint density at radius 2 is 2.10 bits per heavy atom. The van der Waals surface area contributed by atoms with E-state index in [1.807, 2.05) is 6.92 Å². The lowest BCUT2D eigenvalue weighted by Gasteiger charge is -2.12. The molecule has 0 aliphatic rings. The first-order chi connectivity index (χ1) is 9.99. The average Bonchev–Trinajstić information content (AvgIpc) is 2.46. The lowest BCUT2D eigenvalue weighted by Crippen LogP contribution is -2.40. The van der Waals surface area contributed by atoms with Crippen molar-refractivity contribution in [1.82, 2.24) is 15.1 Å². The molecule has 0 aliphatic heterocycles. The molecule has 1 atom stereocenters. The smallest absolute Gasteiger partial charge is 0.328 e. The van der Waals surface area contributed by atoms with Crippen LogP contribution in [0, 0.1) is 0 Å². The molecule has 0 spiro atoms. The fourth-order valence-corrected chi connectivity index (χ4v) is 1.63. The Morgan fingerprint density at radius 1 is 1.38 bits per heavy atom. The molecule has 0 fully saturated rings. The quantitative estimate of drug-likeness (QED) is 0.749. The summed E-state index contributed by atoms with van der Waals surface area (Å²) in [5, 5.41) is 6.50. The van der Waals surface area contributed by atoms with E-state index in [9.17, 15) is 14.4 Å². The minimum Gasteiger partial charge on any atom is -0.464 e. The molecule has 1 rings (SSSR count). The van der Waals surface area contributed by atoms with E-state index in [1.165, 1.54) is 23.7 Å². The molecule has 1 heterocycles. The third kappa shape index (κ3) is 5.02. The molecule has 1 aromatic rings. The van der Waals surface area contributed by atoms with Crippen LogP contribution in [0.3, 0.4) is 0 Å². The number of carbonyl (C=O) groups excluding carboxylic acids is 2. The van der Waals surface area contributed by atoms with Gasteiger partial charge in [0, 0.05) is 12.6 Å². The predicted octanol–water partition coefficient (Wildman–Crippen LogP) is 0.725. The maximum absolute atomic E-state index is 12.0. The minimum absolute atomic E-state index is 0.0989. The number of amides is 1. The number of aromatic nitrogens is 2. The molecular weight excluding hydrogens is 274 g/mol. The summed E-state index contributed by atoms with van der Waals surface area (Å²) in [5.74, 6) is -1.02. The fraction of sp³-hybridized carbons (Fsp3) is 0.571. The zero-order valence-electron chi connectivity index (χ0n) is 12.6. The van der Waals surface area contributed by atoms with Crippen LogP contribution in [0.1, 0.15) is 44.1 Å². The van der Waals surface area contributed by atoms with Crippen molar-refractivity contribution in [3.05, 3.63) is 28.2 Å².